The zero-order chi connectivity index (χ0) is 20.9. The summed E-state index contributed by atoms with van der Waals surface area (Å²) in [6, 6.07) is 19.0. The van der Waals surface area contributed by atoms with Crippen LogP contribution in [0.3, 0.4) is 0 Å². The SMILES string of the molecule is Cc1ccnc(NC(c2cccnc2)c2cc(C)sc2NC(=O)c2ccccc2)c1. The Kier molecular flexibility index (Phi) is 5.86. The normalized spacial score (nSPS) is 11.7. The van der Waals surface area contributed by atoms with Crippen molar-refractivity contribution >= 4 is 28.1 Å². The lowest BCUT2D eigenvalue weighted by Crippen LogP contribution is -2.17. The predicted molar refractivity (Wildman–Crippen MR) is 122 cm³/mol. The molecule has 0 saturated heterocycles. The number of amides is 1. The van der Waals surface area contributed by atoms with Crippen molar-refractivity contribution in [1.82, 2.24) is 9.97 Å². The second kappa shape index (κ2) is 8.88. The fourth-order valence-corrected chi connectivity index (χ4v) is 4.21. The van der Waals surface area contributed by atoms with Gasteiger partial charge in [0.2, 0.25) is 0 Å². The van der Waals surface area contributed by atoms with Gasteiger partial charge in [0.05, 0.1) is 6.04 Å². The average Bonchev–Trinajstić information content (AvgIpc) is 3.13. The standard InChI is InChI=1S/C24H22N4OS/c1-16-10-12-26-21(13-16)27-22(19-9-6-11-25-15-19)20-14-17(2)30-24(20)28-23(29)18-7-4-3-5-8-18/h3-15,22H,1-2H3,(H,26,27)(H,28,29). The third-order valence-corrected chi connectivity index (χ3v) is 5.67. The van der Waals surface area contributed by atoms with Crippen molar-refractivity contribution in [2.75, 3.05) is 10.6 Å². The molecule has 30 heavy (non-hydrogen) atoms. The molecule has 1 unspecified atom stereocenters. The van der Waals surface area contributed by atoms with Crippen LogP contribution >= 0.6 is 11.3 Å². The highest BCUT2D eigenvalue weighted by molar-refractivity contribution is 7.16. The number of hydrogen-bond acceptors (Lipinski definition) is 5. The van der Waals surface area contributed by atoms with Crippen LogP contribution < -0.4 is 10.6 Å². The molecule has 5 nitrogen and oxygen atoms in total. The third-order valence-electron chi connectivity index (χ3n) is 4.68. The van der Waals surface area contributed by atoms with Gasteiger partial charge in [0, 0.05) is 34.6 Å². The Labute approximate surface area is 179 Å². The van der Waals surface area contributed by atoms with Crippen LogP contribution in [0.5, 0.6) is 0 Å². The molecule has 6 heteroatoms. The summed E-state index contributed by atoms with van der Waals surface area (Å²) in [5.41, 5.74) is 3.73. The van der Waals surface area contributed by atoms with Gasteiger partial charge in [-0.3, -0.25) is 9.78 Å². The van der Waals surface area contributed by atoms with Crippen molar-refractivity contribution in [1.29, 1.82) is 0 Å². The molecule has 1 amide bonds. The fraction of sp³-hybridized carbons (Fsp3) is 0.125. The van der Waals surface area contributed by atoms with E-state index in [-0.39, 0.29) is 11.9 Å². The fourth-order valence-electron chi connectivity index (χ4n) is 3.26. The lowest BCUT2D eigenvalue weighted by atomic mass is 10.0. The minimum atomic E-state index is -0.205. The minimum absolute atomic E-state index is 0.127. The quantitative estimate of drug-likeness (QED) is 0.430. The first-order valence-electron chi connectivity index (χ1n) is 9.66. The maximum Gasteiger partial charge on any atom is 0.256 e. The van der Waals surface area contributed by atoms with Gasteiger partial charge in [-0.1, -0.05) is 24.3 Å². The maximum atomic E-state index is 12.8. The molecule has 3 heterocycles. The average molecular weight is 415 g/mol. The molecule has 0 saturated carbocycles. The van der Waals surface area contributed by atoms with E-state index >= 15 is 0 Å². The van der Waals surface area contributed by atoms with E-state index in [2.05, 4.69) is 26.7 Å². The number of hydrogen-bond donors (Lipinski definition) is 2. The molecule has 0 bridgehead atoms. The Bertz CT molecular complexity index is 1140. The van der Waals surface area contributed by atoms with Gasteiger partial charge in [-0.2, -0.15) is 0 Å². The Morgan fingerprint density at radius 3 is 2.57 bits per heavy atom. The summed E-state index contributed by atoms with van der Waals surface area (Å²) in [6.45, 7) is 4.07. The first kappa shape index (κ1) is 19.8. The van der Waals surface area contributed by atoms with Crippen LogP contribution in [0.1, 0.15) is 38.0 Å². The number of anilines is 2. The van der Waals surface area contributed by atoms with E-state index in [1.54, 1.807) is 23.7 Å². The number of thiophene rings is 1. The highest BCUT2D eigenvalue weighted by Crippen LogP contribution is 2.37. The lowest BCUT2D eigenvalue weighted by molar-refractivity contribution is 0.102. The monoisotopic (exact) mass is 414 g/mol. The summed E-state index contributed by atoms with van der Waals surface area (Å²) < 4.78 is 0. The molecule has 0 aliphatic carbocycles. The number of aryl methyl sites for hydroxylation is 2. The lowest BCUT2D eigenvalue weighted by Gasteiger charge is -2.21. The molecule has 150 valence electrons. The summed E-state index contributed by atoms with van der Waals surface area (Å²) in [6.07, 6.45) is 5.38. The van der Waals surface area contributed by atoms with Crippen LogP contribution in [0.25, 0.3) is 0 Å². The molecule has 0 spiro atoms. The van der Waals surface area contributed by atoms with Crippen LogP contribution in [0.15, 0.2) is 79.3 Å². The van der Waals surface area contributed by atoms with Gasteiger partial charge in [-0.05, 0) is 61.4 Å². The van der Waals surface area contributed by atoms with Crippen LogP contribution in [-0.4, -0.2) is 15.9 Å². The number of nitrogens with one attached hydrogen (secondary N) is 2. The highest BCUT2D eigenvalue weighted by atomic mass is 32.1. The number of pyridine rings is 2. The van der Waals surface area contributed by atoms with E-state index < -0.39 is 0 Å². The van der Waals surface area contributed by atoms with E-state index in [0.29, 0.717) is 5.56 Å². The molecule has 0 aliphatic rings. The molecular formula is C24H22N4OS. The van der Waals surface area contributed by atoms with Crippen LogP contribution in [0.2, 0.25) is 0 Å². The van der Waals surface area contributed by atoms with Crippen molar-refractivity contribution in [2.45, 2.75) is 19.9 Å². The minimum Gasteiger partial charge on any atom is -0.359 e. The molecule has 0 radical (unpaired) electrons. The Balaban J connectivity index is 1.71. The van der Waals surface area contributed by atoms with Crippen molar-refractivity contribution < 1.29 is 4.79 Å². The van der Waals surface area contributed by atoms with E-state index in [4.69, 9.17) is 0 Å². The van der Waals surface area contributed by atoms with Crippen molar-refractivity contribution in [3.63, 3.8) is 0 Å². The van der Waals surface area contributed by atoms with Crippen molar-refractivity contribution in [3.8, 4) is 0 Å². The van der Waals surface area contributed by atoms with E-state index in [1.807, 2.05) is 74.6 Å². The summed E-state index contributed by atoms with van der Waals surface area (Å²) in [7, 11) is 0. The number of carbonyl (C=O) groups excluding carboxylic acids is 1. The van der Waals surface area contributed by atoms with Gasteiger partial charge in [0.1, 0.15) is 10.8 Å². The topological polar surface area (TPSA) is 66.9 Å². The summed E-state index contributed by atoms with van der Waals surface area (Å²) in [5.74, 6) is 0.644. The molecule has 2 N–H and O–H groups in total. The number of nitrogens with zero attached hydrogens (tertiary/aromatic N) is 2. The first-order valence-corrected chi connectivity index (χ1v) is 10.5. The Hall–Kier alpha value is -3.51. The largest absolute Gasteiger partial charge is 0.359 e. The molecule has 4 rings (SSSR count). The Morgan fingerprint density at radius 1 is 1.00 bits per heavy atom. The number of benzene rings is 1. The van der Waals surface area contributed by atoms with Crippen molar-refractivity contribution in [2.24, 2.45) is 0 Å². The molecule has 0 aliphatic heterocycles. The van der Waals surface area contributed by atoms with Crippen LogP contribution in [0, 0.1) is 13.8 Å². The second-order valence-electron chi connectivity index (χ2n) is 7.04. The molecule has 4 aromatic rings. The van der Waals surface area contributed by atoms with Crippen LogP contribution in [0.4, 0.5) is 10.8 Å². The summed E-state index contributed by atoms with van der Waals surface area (Å²) in [5, 5.41) is 7.43. The molecular weight excluding hydrogens is 392 g/mol. The van der Waals surface area contributed by atoms with Gasteiger partial charge < -0.3 is 10.6 Å². The smallest absolute Gasteiger partial charge is 0.256 e. The Morgan fingerprint density at radius 2 is 1.83 bits per heavy atom. The summed E-state index contributed by atoms with van der Waals surface area (Å²) in [4.78, 5) is 22.7. The van der Waals surface area contributed by atoms with Gasteiger partial charge in [0.15, 0.2) is 0 Å². The zero-order valence-electron chi connectivity index (χ0n) is 16.8. The molecule has 3 aromatic heterocycles. The highest BCUT2D eigenvalue weighted by Gasteiger charge is 2.22. The van der Waals surface area contributed by atoms with E-state index in [0.717, 1.165) is 32.4 Å². The third kappa shape index (κ3) is 4.55. The second-order valence-corrected chi connectivity index (χ2v) is 8.30. The van der Waals surface area contributed by atoms with Gasteiger partial charge >= 0.3 is 0 Å². The summed E-state index contributed by atoms with van der Waals surface area (Å²) >= 11 is 1.56. The first-order chi connectivity index (χ1) is 14.6. The van der Waals surface area contributed by atoms with E-state index in [1.165, 1.54) is 0 Å². The number of aromatic nitrogens is 2. The van der Waals surface area contributed by atoms with E-state index in [9.17, 15) is 4.79 Å². The number of rotatable bonds is 6. The molecule has 1 aromatic carbocycles. The zero-order valence-corrected chi connectivity index (χ0v) is 17.6. The van der Waals surface area contributed by atoms with Crippen LogP contribution in [-0.2, 0) is 0 Å². The van der Waals surface area contributed by atoms with Gasteiger partial charge in [-0.15, -0.1) is 11.3 Å². The predicted octanol–water partition coefficient (Wildman–Crippen LogP) is 5.61. The maximum absolute atomic E-state index is 12.8. The number of carbonyl (C=O) groups is 1. The van der Waals surface area contributed by atoms with Gasteiger partial charge in [-0.25, -0.2) is 4.98 Å². The molecule has 0 fully saturated rings. The van der Waals surface area contributed by atoms with Crippen molar-refractivity contribution in [3.05, 3.63) is 106 Å². The van der Waals surface area contributed by atoms with Gasteiger partial charge in [0.25, 0.3) is 5.91 Å². The molecule has 1 atom stereocenters.